The van der Waals surface area contributed by atoms with Crippen LogP contribution in [-0.2, 0) is 16.8 Å². The van der Waals surface area contributed by atoms with Gasteiger partial charge in [-0.1, -0.05) is 6.92 Å². The molecule has 0 saturated heterocycles. The topological polar surface area (TPSA) is 141 Å². The highest BCUT2D eigenvalue weighted by atomic mass is 16.5. The zero-order valence-corrected chi connectivity index (χ0v) is 21.6. The zero-order valence-electron chi connectivity index (χ0n) is 21.6. The molecule has 3 aromatic heterocycles. The predicted molar refractivity (Wildman–Crippen MR) is 143 cm³/mol. The minimum atomic E-state index is -0.493. The number of ether oxygens (including phenoxy) is 1. The number of anilines is 3. The summed E-state index contributed by atoms with van der Waals surface area (Å²) in [5, 5.41) is 27.0. The van der Waals surface area contributed by atoms with Gasteiger partial charge in [-0.25, -0.2) is 9.97 Å². The molecule has 5 rings (SSSR count). The Bertz CT molecular complexity index is 1590. The number of nitrogens with zero attached hydrogens (tertiary/aromatic N) is 6. The Kier molecular flexibility index (Phi) is 6.34. The molecule has 1 aliphatic rings. The maximum atomic E-state index is 12.2. The summed E-state index contributed by atoms with van der Waals surface area (Å²) in [6.45, 7) is 2.63. The summed E-state index contributed by atoms with van der Waals surface area (Å²) < 4.78 is 7.30. The lowest BCUT2D eigenvalue weighted by atomic mass is 9.83. The molecular weight excluding hydrogens is 484 g/mol. The van der Waals surface area contributed by atoms with Crippen LogP contribution in [-0.4, -0.2) is 69.8 Å². The number of aromatic nitrogens is 4. The van der Waals surface area contributed by atoms with E-state index in [2.05, 4.69) is 31.7 Å². The van der Waals surface area contributed by atoms with Crippen LogP contribution >= 0.6 is 0 Å². The van der Waals surface area contributed by atoms with Crippen molar-refractivity contribution in [2.75, 3.05) is 45.0 Å². The number of nitriles is 1. The average molecular weight is 513 g/mol. The first-order valence-electron chi connectivity index (χ1n) is 12.0. The van der Waals surface area contributed by atoms with Crippen molar-refractivity contribution in [3.63, 3.8) is 0 Å². The van der Waals surface area contributed by atoms with Crippen LogP contribution in [0.4, 0.5) is 17.3 Å². The third-order valence-electron chi connectivity index (χ3n) is 6.81. The van der Waals surface area contributed by atoms with E-state index in [9.17, 15) is 15.2 Å². The lowest BCUT2D eigenvalue weighted by molar-refractivity contribution is -0.129. The van der Waals surface area contributed by atoms with Crippen LogP contribution in [0.25, 0.3) is 22.3 Å². The molecule has 4 aromatic rings. The molecule has 1 atom stereocenters. The number of aliphatic hydroxyl groups is 1. The molecule has 1 aromatic carbocycles. The molecular formula is C27H28N8O3. The number of benzene rings is 1. The van der Waals surface area contributed by atoms with Crippen molar-refractivity contribution >= 4 is 34.3 Å². The quantitative estimate of drug-likeness (QED) is 0.341. The van der Waals surface area contributed by atoms with Crippen LogP contribution in [0.1, 0.15) is 18.1 Å². The van der Waals surface area contributed by atoms with E-state index in [1.165, 1.54) is 12.0 Å². The molecule has 38 heavy (non-hydrogen) atoms. The Morgan fingerprint density at radius 1 is 1.32 bits per heavy atom. The highest BCUT2D eigenvalue weighted by Crippen LogP contribution is 2.41. The molecule has 0 saturated carbocycles. The van der Waals surface area contributed by atoms with Crippen molar-refractivity contribution in [1.29, 1.82) is 5.26 Å². The molecule has 3 N–H and O–H groups in total. The van der Waals surface area contributed by atoms with Crippen molar-refractivity contribution in [2.45, 2.75) is 18.9 Å². The summed E-state index contributed by atoms with van der Waals surface area (Å²) in [5.41, 5.74) is 4.20. The third-order valence-corrected chi connectivity index (χ3v) is 6.81. The van der Waals surface area contributed by atoms with Crippen molar-refractivity contribution < 1.29 is 14.6 Å². The number of fused-ring (bicyclic) bond motifs is 2. The monoisotopic (exact) mass is 512 g/mol. The van der Waals surface area contributed by atoms with Gasteiger partial charge in [0.05, 0.1) is 30.7 Å². The van der Waals surface area contributed by atoms with Gasteiger partial charge in [0.15, 0.2) is 0 Å². The standard InChI is InChI=1S/C27H28N8O3/c1-27(15-36)14-30-23-18(12-28)9-17(10-19(23)27)20-5-7-29-26(31-20)32-21-11-16-6-8-35(13-22(37)34(2)3)24(16)33-25(21)38-4/h5-11,30,36H,13-15H2,1-4H3,(H,29,31,32). The molecule has 0 bridgehead atoms. The average Bonchev–Trinajstić information content (AvgIpc) is 3.48. The number of pyridine rings is 1. The predicted octanol–water partition coefficient (Wildman–Crippen LogP) is 2.88. The molecule has 1 unspecified atom stereocenters. The Morgan fingerprint density at radius 2 is 2.13 bits per heavy atom. The number of rotatable bonds is 7. The summed E-state index contributed by atoms with van der Waals surface area (Å²) in [6.07, 6.45) is 3.45. The first kappa shape index (κ1) is 25.0. The minimum absolute atomic E-state index is 0.0434. The molecule has 0 fully saturated rings. The maximum absolute atomic E-state index is 12.2. The number of hydrogen-bond acceptors (Lipinski definition) is 9. The highest BCUT2D eigenvalue weighted by molar-refractivity contribution is 5.85. The fourth-order valence-corrected chi connectivity index (χ4v) is 4.52. The first-order chi connectivity index (χ1) is 18.3. The Morgan fingerprint density at radius 3 is 2.84 bits per heavy atom. The third kappa shape index (κ3) is 4.35. The van der Waals surface area contributed by atoms with E-state index >= 15 is 0 Å². The molecule has 11 nitrogen and oxygen atoms in total. The van der Waals surface area contributed by atoms with Crippen molar-refractivity contribution in [3.05, 3.63) is 53.9 Å². The van der Waals surface area contributed by atoms with Gasteiger partial charge in [-0.15, -0.1) is 0 Å². The van der Waals surface area contributed by atoms with E-state index in [0.29, 0.717) is 41.0 Å². The van der Waals surface area contributed by atoms with Crippen molar-refractivity contribution in [2.24, 2.45) is 0 Å². The van der Waals surface area contributed by atoms with Gasteiger partial charge in [-0.2, -0.15) is 10.2 Å². The van der Waals surface area contributed by atoms with Crippen LogP contribution in [0.15, 0.2) is 42.7 Å². The summed E-state index contributed by atoms with van der Waals surface area (Å²) in [4.78, 5) is 27.4. The van der Waals surface area contributed by atoms with E-state index in [4.69, 9.17) is 4.74 Å². The van der Waals surface area contributed by atoms with Crippen LogP contribution in [0.5, 0.6) is 5.88 Å². The molecule has 4 heterocycles. The first-order valence-corrected chi connectivity index (χ1v) is 12.0. The number of amides is 1. The number of carbonyl (C=O) groups excluding carboxylic acids is 1. The smallest absolute Gasteiger partial charge is 0.242 e. The maximum Gasteiger partial charge on any atom is 0.242 e. The second-order valence-electron chi connectivity index (χ2n) is 9.71. The van der Waals surface area contributed by atoms with E-state index in [1.54, 1.807) is 37.0 Å². The number of nitrogens with one attached hydrogen (secondary N) is 2. The van der Waals surface area contributed by atoms with Gasteiger partial charge in [0.1, 0.15) is 23.9 Å². The Labute approximate surface area is 219 Å². The van der Waals surface area contributed by atoms with Crippen molar-refractivity contribution in [3.8, 4) is 23.2 Å². The van der Waals surface area contributed by atoms with E-state index in [0.717, 1.165) is 22.2 Å². The molecule has 11 heteroatoms. The molecule has 0 spiro atoms. The summed E-state index contributed by atoms with van der Waals surface area (Å²) in [5.74, 6) is 0.612. The Hall–Kier alpha value is -4.69. The summed E-state index contributed by atoms with van der Waals surface area (Å²) in [7, 11) is 4.95. The fraction of sp³-hybridized carbons (Fsp3) is 0.296. The number of carbonyl (C=O) groups is 1. The molecule has 1 aliphatic heterocycles. The zero-order chi connectivity index (χ0) is 27.0. The molecule has 0 aliphatic carbocycles. The SMILES string of the molecule is COc1nc2c(ccn2CC(=O)N(C)C)cc1Nc1nccc(-c2cc(C#N)c3c(c2)C(C)(CO)CN3)n1. The number of hydrogen-bond donors (Lipinski definition) is 3. The molecule has 0 radical (unpaired) electrons. The van der Waals surface area contributed by atoms with Crippen molar-refractivity contribution in [1.82, 2.24) is 24.4 Å². The number of likely N-dealkylation sites (N-methyl/N-ethyl adjacent to an activating group) is 1. The van der Waals surface area contributed by atoms with Gasteiger partial charge in [0.2, 0.25) is 17.7 Å². The Balaban J connectivity index is 1.49. The highest BCUT2D eigenvalue weighted by Gasteiger charge is 2.36. The molecule has 1 amide bonds. The van der Waals surface area contributed by atoms with Gasteiger partial charge in [-0.05, 0) is 35.9 Å². The number of aliphatic hydroxyl groups excluding tert-OH is 1. The second-order valence-corrected chi connectivity index (χ2v) is 9.71. The minimum Gasteiger partial charge on any atom is -0.479 e. The second kappa shape index (κ2) is 9.64. The normalized spacial score (nSPS) is 16.0. The van der Waals surface area contributed by atoms with E-state index in [1.807, 2.05) is 31.3 Å². The summed E-state index contributed by atoms with van der Waals surface area (Å²) in [6, 6.07) is 11.5. The van der Waals surface area contributed by atoms with Crippen LogP contribution < -0.4 is 15.4 Å². The summed E-state index contributed by atoms with van der Waals surface area (Å²) >= 11 is 0. The van der Waals surface area contributed by atoms with Gasteiger partial charge in [0, 0.05) is 49.4 Å². The van der Waals surface area contributed by atoms with Crippen LogP contribution in [0.2, 0.25) is 0 Å². The lowest BCUT2D eigenvalue weighted by Gasteiger charge is -2.21. The van der Waals surface area contributed by atoms with Gasteiger partial charge in [-0.3, -0.25) is 4.79 Å². The van der Waals surface area contributed by atoms with E-state index in [-0.39, 0.29) is 19.1 Å². The lowest BCUT2D eigenvalue weighted by Crippen LogP contribution is -2.28. The van der Waals surface area contributed by atoms with Crippen LogP contribution in [0, 0.1) is 11.3 Å². The number of methoxy groups -OCH3 is 1. The van der Waals surface area contributed by atoms with Gasteiger partial charge < -0.3 is 29.9 Å². The fourth-order valence-electron chi connectivity index (χ4n) is 4.52. The van der Waals surface area contributed by atoms with Crippen LogP contribution in [0.3, 0.4) is 0 Å². The van der Waals surface area contributed by atoms with Gasteiger partial charge >= 0.3 is 0 Å². The largest absolute Gasteiger partial charge is 0.479 e. The van der Waals surface area contributed by atoms with E-state index < -0.39 is 5.41 Å². The van der Waals surface area contributed by atoms with Gasteiger partial charge in [0.25, 0.3) is 0 Å². The molecule has 194 valence electrons.